The third kappa shape index (κ3) is 4.11. The average molecular weight is 405 g/mol. The largest absolute Gasteiger partial charge is 0.459 e. The van der Waals surface area contributed by atoms with Crippen LogP contribution in [0.2, 0.25) is 0 Å². The van der Waals surface area contributed by atoms with Gasteiger partial charge in [0.05, 0.1) is 15.9 Å². The van der Waals surface area contributed by atoms with E-state index in [4.69, 9.17) is 4.74 Å². The lowest BCUT2D eigenvalue weighted by Crippen LogP contribution is -2.21. The monoisotopic (exact) mass is 404 g/mol. The first kappa shape index (κ1) is 17.0. The summed E-state index contributed by atoms with van der Waals surface area (Å²) in [5, 5.41) is 1.49. The first-order chi connectivity index (χ1) is 10.3. The Kier molecular flexibility index (Phi) is 5.30. The fraction of sp³-hybridized carbons (Fsp3) is 0.308. The van der Waals surface area contributed by atoms with E-state index in [9.17, 15) is 13.2 Å². The SMILES string of the molecule is Cc1nc(S(=O)(=O)CC(=O)OCc2cccs2)nc(C)c1Br. The second-order valence-electron chi connectivity index (χ2n) is 4.49. The standard InChI is InChI=1S/C13H13BrN2O4S2/c1-8-12(14)9(2)16-13(15-8)22(18,19)7-11(17)20-6-10-4-3-5-21-10/h3-5H,6-7H2,1-2H3. The molecule has 2 aromatic rings. The first-order valence-electron chi connectivity index (χ1n) is 6.21. The first-order valence-corrected chi connectivity index (χ1v) is 9.53. The van der Waals surface area contributed by atoms with Gasteiger partial charge in [0.2, 0.25) is 15.0 Å². The second kappa shape index (κ2) is 6.84. The van der Waals surface area contributed by atoms with E-state index >= 15 is 0 Å². The molecular weight excluding hydrogens is 392 g/mol. The van der Waals surface area contributed by atoms with Crippen LogP contribution in [0, 0.1) is 13.8 Å². The Balaban J connectivity index is 2.09. The van der Waals surface area contributed by atoms with Gasteiger partial charge in [0.15, 0.2) is 5.75 Å². The third-order valence-electron chi connectivity index (χ3n) is 2.70. The summed E-state index contributed by atoms with van der Waals surface area (Å²) in [5.74, 6) is -1.60. The van der Waals surface area contributed by atoms with Crippen LogP contribution in [0.25, 0.3) is 0 Å². The number of sulfone groups is 1. The van der Waals surface area contributed by atoms with E-state index in [1.165, 1.54) is 11.3 Å². The minimum atomic E-state index is -3.93. The van der Waals surface area contributed by atoms with Gasteiger partial charge in [-0.2, -0.15) is 0 Å². The van der Waals surface area contributed by atoms with Crippen LogP contribution < -0.4 is 0 Å². The van der Waals surface area contributed by atoms with Gasteiger partial charge in [0.1, 0.15) is 6.61 Å². The van der Waals surface area contributed by atoms with Gasteiger partial charge >= 0.3 is 5.97 Å². The maximum Gasteiger partial charge on any atom is 0.322 e. The molecule has 6 nitrogen and oxygen atoms in total. The molecule has 2 heterocycles. The van der Waals surface area contributed by atoms with Crippen LogP contribution in [0.4, 0.5) is 0 Å². The molecule has 0 saturated carbocycles. The molecule has 9 heteroatoms. The van der Waals surface area contributed by atoms with Crippen LogP contribution in [-0.2, 0) is 26.0 Å². The molecule has 0 aliphatic rings. The number of aromatic nitrogens is 2. The normalized spacial score (nSPS) is 11.4. The van der Waals surface area contributed by atoms with E-state index in [1.807, 2.05) is 11.4 Å². The molecule has 0 aliphatic carbocycles. The highest BCUT2D eigenvalue weighted by atomic mass is 79.9. The Morgan fingerprint density at radius 3 is 2.50 bits per heavy atom. The van der Waals surface area contributed by atoms with Crippen molar-refractivity contribution in [2.75, 3.05) is 5.75 Å². The second-order valence-corrected chi connectivity index (χ2v) is 8.20. The summed E-state index contributed by atoms with van der Waals surface area (Å²) in [7, 11) is -3.93. The molecule has 0 aliphatic heterocycles. The van der Waals surface area contributed by atoms with Crippen molar-refractivity contribution in [3.63, 3.8) is 0 Å². The molecule has 0 bridgehead atoms. The summed E-state index contributed by atoms with van der Waals surface area (Å²) >= 11 is 4.70. The van der Waals surface area contributed by atoms with Gasteiger partial charge in [0.25, 0.3) is 0 Å². The van der Waals surface area contributed by atoms with Crippen LogP contribution in [-0.4, -0.2) is 30.1 Å². The fourth-order valence-electron chi connectivity index (χ4n) is 1.62. The zero-order valence-electron chi connectivity index (χ0n) is 11.9. The Labute approximate surface area is 140 Å². The molecule has 0 atom stereocenters. The van der Waals surface area contributed by atoms with Crippen molar-refractivity contribution in [2.24, 2.45) is 0 Å². The zero-order chi connectivity index (χ0) is 16.3. The van der Waals surface area contributed by atoms with Gasteiger partial charge in [-0.1, -0.05) is 6.07 Å². The summed E-state index contributed by atoms with van der Waals surface area (Å²) in [4.78, 5) is 20.4. The number of ether oxygens (including phenoxy) is 1. The van der Waals surface area contributed by atoms with E-state index in [0.717, 1.165) is 4.88 Å². The highest BCUT2D eigenvalue weighted by Crippen LogP contribution is 2.19. The van der Waals surface area contributed by atoms with Crippen LogP contribution in [0.5, 0.6) is 0 Å². The molecule has 0 aromatic carbocycles. The number of hydrogen-bond acceptors (Lipinski definition) is 7. The molecular formula is C13H13BrN2O4S2. The summed E-state index contributed by atoms with van der Waals surface area (Å²) < 4.78 is 30.0. The predicted octanol–water partition coefficient (Wildman–Crippen LogP) is 2.43. The summed E-state index contributed by atoms with van der Waals surface area (Å²) in [5.41, 5.74) is 0.996. The summed E-state index contributed by atoms with van der Waals surface area (Å²) in [6.07, 6.45) is 0. The Bertz CT molecular complexity index is 765. The number of thiophene rings is 1. The van der Waals surface area contributed by atoms with E-state index in [-0.39, 0.29) is 11.8 Å². The maximum absolute atomic E-state index is 12.2. The Hall–Kier alpha value is -1.32. The van der Waals surface area contributed by atoms with Crippen LogP contribution in [0.3, 0.4) is 0 Å². The molecule has 2 rings (SSSR count). The van der Waals surface area contributed by atoms with Gasteiger partial charge in [-0.15, -0.1) is 11.3 Å². The van der Waals surface area contributed by atoms with Gasteiger partial charge in [-0.3, -0.25) is 4.79 Å². The lowest BCUT2D eigenvalue weighted by atomic mass is 10.4. The number of halogens is 1. The van der Waals surface area contributed by atoms with Gasteiger partial charge in [-0.05, 0) is 41.2 Å². The van der Waals surface area contributed by atoms with E-state index in [2.05, 4.69) is 25.9 Å². The molecule has 0 radical (unpaired) electrons. The number of rotatable bonds is 5. The fourth-order valence-corrected chi connectivity index (χ4v) is 3.49. The third-order valence-corrected chi connectivity index (χ3v) is 6.06. The number of hydrogen-bond donors (Lipinski definition) is 0. The van der Waals surface area contributed by atoms with Crippen LogP contribution >= 0.6 is 27.3 Å². The molecule has 0 fully saturated rings. The molecule has 118 valence electrons. The molecule has 2 aromatic heterocycles. The van der Waals surface area contributed by atoms with Crippen molar-refractivity contribution in [3.05, 3.63) is 38.3 Å². The zero-order valence-corrected chi connectivity index (χ0v) is 15.1. The minimum absolute atomic E-state index is 0.0608. The van der Waals surface area contributed by atoms with E-state index in [1.54, 1.807) is 19.9 Å². The molecule has 0 amide bonds. The lowest BCUT2D eigenvalue weighted by molar-refractivity contribution is -0.141. The van der Waals surface area contributed by atoms with Crippen molar-refractivity contribution in [2.45, 2.75) is 25.6 Å². The topological polar surface area (TPSA) is 86.2 Å². The number of carbonyl (C=O) groups excluding carboxylic acids is 1. The maximum atomic E-state index is 12.2. The van der Waals surface area contributed by atoms with Crippen molar-refractivity contribution < 1.29 is 17.9 Å². The number of aryl methyl sites for hydroxylation is 2. The van der Waals surface area contributed by atoms with Gasteiger partial charge in [-0.25, -0.2) is 18.4 Å². The van der Waals surface area contributed by atoms with Crippen LogP contribution in [0.1, 0.15) is 16.3 Å². The smallest absolute Gasteiger partial charge is 0.322 e. The number of carbonyl (C=O) groups is 1. The van der Waals surface area contributed by atoms with Crippen molar-refractivity contribution in [1.82, 2.24) is 9.97 Å². The highest BCUT2D eigenvalue weighted by molar-refractivity contribution is 9.10. The van der Waals surface area contributed by atoms with Gasteiger partial charge < -0.3 is 4.74 Å². The molecule has 0 saturated heterocycles. The van der Waals surface area contributed by atoms with Crippen LogP contribution in [0.15, 0.2) is 27.1 Å². The number of nitrogens with zero attached hydrogens (tertiary/aromatic N) is 2. The Morgan fingerprint density at radius 2 is 1.95 bits per heavy atom. The van der Waals surface area contributed by atoms with Crippen molar-refractivity contribution >= 4 is 43.1 Å². The van der Waals surface area contributed by atoms with Gasteiger partial charge in [0, 0.05) is 4.88 Å². The minimum Gasteiger partial charge on any atom is -0.459 e. The number of esters is 1. The quantitative estimate of drug-likeness (QED) is 0.561. The molecule has 0 N–H and O–H groups in total. The summed E-state index contributed by atoms with van der Waals surface area (Å²) in [6.45, 7) is 3.38. The van der Waals surface area contributed by atoms with Crippen molar-refractivity contribution in [1.29, 1.82) is 0 Å². The van der Waals surface area contributed by atoms with E-state index < -0.39 is 21.6 Å². The average Bonchev–Trinajstić information content (AvgIpc) is 2.94. The summed E-state index contributed by atoms with van der Waals surface area (Å²) in [6, 6.07) is 3.63. The predicted molar refractivity (Wildman–Crippen MR) is 85.4 cm³/mol. The highest BCUT2D eigenvalue weighted by Gasteiger charge is 2.25. The molecule has 0 unspecified atom stereocenters. The lowest BCUT2D eigenvalue weighted by Gasteiger charge is -2.07. The molecule has 0 spiro atoms. The molecule has 22 heavy (non-hydrogen) atoms. The van der Waals surface area contributed by atoms with Crippen molar-refractivity contribution in [3.8, 4) is 0 Å². The van der Waals surface area contributed by atoms with E-state index in [0.29, 0.717) is 15.9 Å². The Morgan fingerprint density at radius 1 is 1.32 bits per heavy atom.